The Morgan fingerprint density at radius 1 is 1.55 bits per heavy atom. The van der Waals surface area contributed by atoms with E-state index in [-0.39, 0.29) is 6.04 Å². The maximum Gasteiger partial charge on any atom is 0.0918 e. The van der Waals surface area contributed by atoms with Crippen LogP contribution >= 0.6 is 15.9 Å². The van der Waals surface area contributed by atoms with Crippen LogP contribution in [0.15, 0.2) is 28.7 Å². The molecule has 0 unspecified atom stereocenters. The first-order valence-corrected chi connectivity index (χ1v) is 4.00. The van der Waals surface area contributed by atoms with Crippen LogP contribution < -0.4 is 5.73 Å². The first-order chi connectivity index (χ1) is 5.24. The molecule has 0 aliphatic heterocycles. The van der Waals surface area contributed by atoms with E-state index in [1.807, 2.05) is 24.3 Å². The molecule has 0 amide bonds. The summed E-state index contributed by atoms with van der Waals surface area (Å²) in [5, 5.41) is 0. The molecule has 1 atom stereocenters. The number of hydrogen-bond acceptors (Lipinski definition) is 1. The van der Waals surface area contributed by atoms with Gasteiger partial charge < -0.3 is 5.73 Å². The van der Waals surface area contributed by atoms with Gasteiger partial charge in [-0.2, -0.15) is 0 Å². The molecule has 1 rings (SSSR count). The number of terminal acetylenes is 1. The van der Waals surface area contributed by atoms with E-state index in [9.17, 15) is 0 Å². The van der Waals surface area contributed by atoms with Crippen LogP contribution in [0.2, 0.25) is 0 Å². The highest BCUT2D eigenvalue weighted by molar-refractivity contribution is 9.10. The van der Waals surface area contributed by atoms with Gasteiger partial charge in [-0.3, -0.25) is 0 Å². The van der Waals surface area contributed by atoms with Crippen molar-refractivity contribution >= 4 is 15.9 Å². The van der Waals surface area contributed by atoms with Gasteiger partial charge in [0.15, 0.2) is 0 Å². The Morgan fingerprint density at radius 2 is 2.27 bits per heavy atom. The molecule has 0 aliphatic rings. The van der Waals surface area contributed by atoms with Crippen molar-refractivity contribution in [2.75, 3.05) is 0 Å². The highest BCUT2D eigenvalue weighted by Crippen LogP contribution is 2.15. The SMILES string of the molecule is C#C[C@@H](N)c1cccc(Br)c1. The molecule has 0 bridgehead atoms. The van der Waals surface area contributed by atoms with E-state index in [0.717, 1.165) is 10.0 Å². The van der Waals surface area contributed by atoms with E-state index in [4.69, 9.17) is 12.2 Å². The highest BCUT2D eigenvalue weighted by Gasteiger charge is 2.00. The third-order valence-electron chi connectivity index (χ3n) is 1.39. The molecule has 0 aromatic heterocycles. The fourth-order valence-electron chi connectivity index (χ4n) is 0.796. The van der Waals surface area contributed by atoms with Gasteiger partial charge >= 0.3 is 0 Å². The predicted octanol–water partition coefficient (Wildman–Crippen LogP) is 2.08. The molecule has 0 radical (unpaired) electrons. The lowest BCUT2D eigenvalue weighted by molar-refractivity contribution is 0.945. The van der Waals surface area contributed by atoms with Crippen molar-refractivity contribution in [2.45, 2.75) is 6.04 Å². The topological polar surface area (TPSA) is 26.0 Å². The molecular weight excluding hydrogens is 202 g/mol. The van der Waals surface area contributed by atoms with Crippen molar-refractivity contribution in [3.05, 3.63) is 34.3 Å². The van der Waals surface area contributed by atoms with Crippen LogP contribution in [0.5, 0.6) is 0 Å². The second-order valence-corrected chi connectivity index (χ2v) is 3.12. The van der Waals surface area contributed by atoms with Crippen molar-refractivity contribution in [1.29, 1.82) is 0 Å². The quantitative estimate of drug-likeness (QED) is 0.705. The van der Waals surface area contributed by atoms with E-state index in [0.29, 0.717) is 0 Å². The minimum atomic E-state index is -0.299. The van der Waals surface area contributed by atoms with E-state index in [1.165, 1.54) is 0 Å². The van der Waals surface area contributed by atoms with E-state index < -0.39 is 0 Å². The molecule has 0 heterocycles. The molecule has 11 heavy (non-hydrogen) atoms. The lowest BCUT2D eigenvalue weighted by atomic mass is 10.1. The van der Waals surface area contributed by atoms with Crippen molar-refractivity contribution in [1.82, 2.24) is 0 Å². The molecule has 0 saturated carbocycles. The van der Waals surface area contributed by atoms with Gasteiger partial charge in [0.25, 0.3) is 0 Å². The zero-order valence-electron chi connectivity index (χ0n) is 5.92. The van der Waals surface area contributed by atoms with Crippen LogP contribution in [0.1, 0.15) is 11.6 Å². The molecule has 1 aromatic carbocycles. The maximum absolute atomic E-state index is 5.61. The van der Waals surface area contributed by atoms with E-state index >= 15 is 0 Å². The Bertz CT molecular complexity index is 288. The summed E-state index contributed by atoms with van der Waals surface area (Å²) in [4.78, 5) is 0. The van der Waals surface area contributed by atoms with Gasteiger partial charge in [-0.05, 0) is 17.7 Å². The summed E-state index contributed by atoms with van der Waals surface area (Å²) >= 11 is 3.34. The van der Waals surface area contributed by atoms with Gasteiger partial charge in [0.2, 0.25) is 0 Å². The summed E-state index contributed by atoms with van der Waals surface area (Å²) in [6, 6.07) is 7.39. The largest absolute Gasteiger partial charge is 0.314 e. The predicted molar refractivity (Wildman–Crippen MR) is 49.9 cm³/mol. The summed E-state index contributed by atoms with van der Waals surface area (Å²) in [5.41, 5.74) is 6.57. The van der Waals surface area contributed by atoms with Gasteiger partial charge in [0.1, 0.15) is 0 Å². The average Bonchev–Trinajstić information content (AvgIpc) is 2.03. The third-order valence-corrected chi connectivity index (χ3v) is 1.88. The summed E-state index contributed by atoms with van der Waals surface area (Å²) in [6.07, 6.45) is 5.16. The van der Waals surface area contributed by atoms with Crippen LogP contribution in [0, 0.1) is 12.3 Å². The van der Waals surface area contributed by atoms with Crippen molar-refractivity contribution in [2.24, 2.45) is 5.73 Å². The number of benzene rings is 1. The molecule has 2 N–H and O–H groups in total. The van der Waals surface area contributed by atoms with Crippen LogP contribution in [-0.2, 0) is 0 Å². The number of halogens is 1. The average molecular weight is 210 g/mol. The molecule has 0 aliphatic carbocycles. The van der Waals surface area contributed by atoms with E-state index in [1.54, 1.807) is 0 Å². The van der Waals surface area contributed by atoms with Crippen molar-refractivity contribution in [3.8, 4) is 12.3 Å². The zero-order valence-corrected chi connectivity index (χ0v) is 7.51. The highest BCUT2D eigenvalue weighted by atomic mass is 79.9. The van der Waals surface area contributed by atoms with E-state index in [2.05, 4.69) is 21.9 Å². The summed E-state index contributed by atoms with van der Waals surface area (Å²) in [7, 11) is 0. The van der Waals surface area contributed by atoms with Gasteiger partial charge in [-0.25, -0.2) is 0 Å². The van der Waals surface area contributed by atoms with Crippen LogP contribution in [0.4, 0.5) is 0 Å². The molecule has 0 spiro atoms. The molecule has 0 saturated heterocycles. The smallest absolute Gasteiger partial charge is 0.0918 e. The van der Waals surface area contributed by atoms with Gasteiger partial charge in [-0.1, -0.05) is 34.0 Å². The molecule has 1 aromatic rings. The Balaban J connectivity index is 2.98. The van der Waals surface area contributed by atoms with Crippen LogP contribution in [-0.4, -0.2) is 0 Å². The normalized spacial score (nSPS) is 12.1. The summed E-state index contributed by atoms with van der Waals surface area (Å²) in [5.74, 6) is 2.47. The minimum Gasteiger partial charge on any atom is -0.314 e. The molecule has 1 nitrogen and oxygen atoms in total. The van der Waals surface area contributed by atoms with Gasteiger partial charge in [0.05, 0.1) is 6.04 Å². The lowest BCUT2D eigenvalue weighted by Crippen LogP contribution is -2.06. The monoisotopic (exact) mass is 209 g/mol. The summed E-state index contributed by atoms with van der Waals surface area (Å²) in [6.45, 7) is 0. The van der Waals surface area contributed by atoms with Crippen LogP contribution in [0.3, 0.4) is 0 Å². The number of hydrogen-bond donors (Lipinski definition) is 1. The Kier molecular flexibility index (Phi) is 2.70. The first-order valence-electron chi connectivity index (χ1n) is 3.21. The zero-order chi connectivity index (χ0) is 8.27. The Labute approximate surface area is 74.7 Å². The second-order valence-electron chi connectivity index (χ2n) is 2.20. The lowest BCUT2D eigenvalue weighted by Gasteiger charge is -2.03. The standard InChI is InChI=1S/C9H8BrN/c1-2-9(11)7-4-3-5-8(10)6-7/h1,3-6,9H,11H2/t9-/m1/s1. The Morgan fingerprint density at radius 3 is 2.82 bits per heavy atom. The molecule has 0 fully saturated rings. The first kappa shape index (κ1) is 8.32. The fourth-order valence-corrected chi connectivity index (χ4v) is 1.21. The minimum absolute atomic E-state index is 0.299. The molecule has 2 heteroatoms. The number of rotatable bonds is 1. The fraction of sp³-hybridized carbons (Fsp3) is 0.111. The van der Waals surface area contributed by atoms with Crippen molar-refractivity contribution < 1.29 is 0 Å². The summed E-state index contributed by atoms with van der Waals surface area (Å²) < 4.78 is 1.00. The van der Waals surface area contributed by atoms with Crippen molar-refractivity contribution in [3.63, 3.8) is 0 Å². The van der Waals surface area contributed by atoms with Gasteiger partial charge in [-0.15, -0.1) is 6.42 Å². The number of nitrogens with two attached hydrogens (primary N) is 1. The van der Waals surface area contributed by atoms with Crippen LogP contribution in [0.25, 0.3) is 0 Å². The van der Waals surface area contributed by atoms with Gasteiger partial charge in [0, 0.05) is 4.47 Å². The Hall–Kier alpha value is -0.780. The second kappa shape index (κ2) is 3.56. The third kappa shape index (κ3) is 2.07. The molecule has 56 valence electrons. The molecular formula is C9H8BrN. The maximum atomic E-state index is 5.61.